The van der Waals surface area contributed by atoms with E-state index in [1.807, 2.05) is 24.3 Å². The first-order chi connectivity index (χ1) is 11.8. The Hall–Kier alpha value is -2.03. The molecule has 1 heterocycles. The Morgan fingerprint density at radius 2 is 1.80 bits per heavy atom. The summed E-state index contributed by atoms with van der Waals surface area (Å²) in [5.41, 5.74) is 2.50. The molecule has 1 aromatic heterocycles. The van der Waals surface area contributed by atoms with Crippen molar-refractivity contribution in [2.75, 3.05) is 5.32 Å². The maximum absolute atomic E-state index is 13.6. The lowest BCUT2D eigenvalue weighted by Crippen LogP contribution is -2.04. The summed E-state index contributed by atoms with van der Waals surface area (Å²) >= 11 is 1.07. The van der Waals surface area contributed by atoms with E-state index in [4.69, 9.17) is 0 Å². The van der Waals surface area contributed by atoms with Crippen molar-refractivity contribution in [1.82, 2.24) is 9.78 Å². The molecule has 2 aromatic carbocycles. The number of rotatable bonds is 5. The highest BCUT2D eigenvalue weighted by molar-refractivity contribution is 14.1. The van der Waals surface area contributed by atoms with E-state index in [1.165, 1.54) is 16.8 Å². The van der Waals surface area contributed by atoms with Crippen LogP contribution < -0.4 is 5.32 Å². The fourth-order valence-electron chi connectivity index (χ4n) is 2.47. The molecule has 3 aromatic rings. The molecular formula is C18H15F3IN3. The molecule has 0 aliphatic heterocycles. The van der Waals surface area contributed by atoms with Gasteiger partial charge in [-0.2, -0.15) is 13.9 Å². The van der Waals surface area contributed by atoms with Crippen molar-refractivity contribution in [3.8, 4) is 11.3 Å². The first-order valence-corrected chi connectivity index (χ1v) is 8.61. The number of aryl methyl sites for hydroxylation is 1. The third-order valence-corrected chi connectivity index (χ3v) is 4.34. The predicted molar refractivity (Wildman–Crippen MR) is 100 cm³/mol. The monoisotopic (exact) mass is 457 g/mol. The second kappa shape index (κ2) is 7.07. The average molecular weight is 457 g/mol. The Morgan fingerprint density at radius 3 is 2.40 bits per heavy atom. The molecule has 0 bridgehead atoms. The summed E-state index contributed by atoms with van der Waals surface area (Å²) < 4.78 is 38.8. The molecule has 3 nitrogen and oxygen atoms in total. The number of benzene rings is 2. The smallest absolute Gasteiger partial charge is 0.339 e. The van der Waals surface area contributed by atoms with E-state index in [2.05, 4.69) is 10.4 Å². The molecule has 0 aliphatic carbocycles. The van der Waals surface area contributed by atoms with Crippen LogP contribution >= 0.6 is 22.6 Å². The molecule has 25 heavy (non-hydrogen) atoms. The predicted octanol–water partition coefficient (Wildman–Crippen LogP) is 5.32. The Morgan fingerprint density at radius 1 is 1.12 bits per heavy atom. The van der Waals surface area contributed by atoms with E-state index < -0.39 is 3.93 Å². The van der Waals surface area contributed by atoms with Gasteiger partial charge in [-0.1, -0.05) is 30.3 Å². The summed E-state index contributed by atoms with van der Waals surface area (Å²) in [5.74, 6) is -0.256. The van der Waals surface area contributed by atoms with Crippen LogP contribution in [0.2, 0.25) is 0 Å². The van der Waals surface area contributed by atoms with Crippen molar-refractivity contribution in [3.63, 3.8) is 0 Å². The summed E-state index contributed by atoms with van der Waals surface area (Å²) in [6.07, 6.45) is 0. The lowest BCUT2D eigenvalue weighted by Gasteiger charge is -2.08. The SMILES string of the molecule is Cn1nc(C(F)(F)I)cc1-c1ccc(NCc2ccccc2F)cc1. The minimum absolute atomic E-state index is 0.256. The number of alkyl halides is 3. The van der Waals surface area contributed by atoms with Crippen LogP contribution in [-0.2, 0) is 17.5 Å². The second-order valence-corrected chi connectivity index (χ2v) is 6.91. The Kier molecular flexibility index (Phi) is 5.03. The number of hydrogen-bond donors (Lipinski definition) is 1. The summed E-state index contributed by atoms with van der Waals surface area (Å²) in [6, 6.07) is 15.2. The Balaban J connectivity index is 1.75. The zero-order valence-electron chi connectivity index (χ0n) is 13.3. The van der Waals surface area contributed by atoms with Gasteiger partial charge in [0.05, 0.1) is 5.69 Å². The van der Waals surface area contributed by atoms with E-state index in [0.29, 0.717) is 17.8 Å². The van der Waals surface area contributed by atoms with E-state index >= 15 is 0 Å². The van der Waals surface area contributed by atoms with Gasteiger partial charge < -0.3 is 5.32 Å². The van der Waals surface area contributed by atoms with Crippen LogP contribution in [0.3, 0.4) is 0 Å². The van der Waals surface area contributed by atoms with Crippen molar-refractivity contribution in [2.45, 2.75) is 10.5 Å². The number of anilines is 1. The number of nitrogens with one attached hydrogen (secondary N) is 1. The minimum atomic E-state index is -3.00. The molecule has 0 unspecified atom stereocenters. The molecule has 0 fully saturated rings. The van der Waals surface area contributed by atoms with Gasteiger partial charge in [0.15, 0.2) is 0 Å². The van der Waals surface area contributed by atoms with Gasteiger partial charge in [0.25, 0.3) is 0 Å². The standard InChI is InChI=1S/C18H15F3IN3/c1-25-16(10-17(24-25)18(20,21)22)12-6-8-14(9-7-12)23-11-13-4-2-3-5-15(13)19/h2-10,23H,11H2,1H3. The van der Waals surface area contributed by atoms with Crippen molar-refractivity contribution < 1.29 is 13.2 Å². The second-order valence-electron chi connectivity index (χ2n) is 5.56. The van der Waals surface area contributed by atoms with Gasteiger partial charge in [-0.15, -0.1) is 0 Å². The van der Waals surface area contributed by atoms with Crippen LogP contribution in [0, 0.1) is 5.82 Å². The third-order valence-electron chi connectivity index (χ3n) is 3.79. The minimum Gasteiger partial charge on any atom is -0.381 e. The molecule has 0 atom stereocenters. The molecule has 0 saturated carbocycles. The summed E-state index contributed by atoms with van der Waals surface area (Å²) in [5, 5.41) is 7.01. The van der Waals surface area contributed by atoms with Crippen molar-refractivity contribution in [3.05, 3.63) is 71.7 Å². The number of halogens is 4. The zero-order valence-corrected chi connectivity index (χ0v) is 15.5. The van der Waals surface area contributed by atoms with Gasteiger partial charge in [0, 0.05) is 47.4 Å². The summed E-state index contributed by atoms with van der Waals surface area (Å²) in [6.45, 7) is 0.364. The lowest BCUT2D eigenvalue weighted by atomic mass is 10.1. The Labute approximate surface area is 157 Å². The fraction of sp³-hybridized carbons (Fsp3) is 0.167. The first kappa shape index (κ1) is 17.8. The Bertz CT molecular complexity index is 870. The normalized spacial score (nSPS) is 11.6. The largest absolute Gasteiger partial charge is 0.381 e. The molecule has 1 N–H and O–H groups in total. The van der Waals surface area contributed by atoms with Gasteiger partial charge in [-0.3, -0.25) is 4.68 Å². The maximum atomic E-state index is 13.6. The highest BCUT2D eigenvalue weighted by Crippen LogP contribution is 2.36. The molecular weight excluding hydrogens is 442 g/mol. The average Bonchev–Trinajstić information content (AvgIpc) is 2.97. The van der Waals surface area contributed by atoms with E-state index in [-0.39, 0.29) is 11.5 Å². The number of hydrogen-bond acceptors (Lipinski definition) is 2. The zero-order chi connectivity index (χ0) is 18.0. The van der Waals surface area contributed by atoms with Gasteiger partial charge in [0.2, 0.25) is 0 Å². The number of aromatic nitrogens is 2. The van der Waals surface area contributed by atoms with Gasteiger partial charge in [0.1, 0.15) is 11.5 Å². The van der Waals surface area contributed by atoms with Crippen LogP contribution in [0.5, 0.6) is 0 Å². The highest BCUT2D eigenvalue weighted by atomic mass is 127. The van der Waals surface area contributed by atoms with E-state index in [0.717, 1.165) is 33.8 Å². The molecule has 0 amide bonds. The number of nitrogens with zero attached hydrogens (tertiary/aromatic N) is 2. The van der Waals surface area contributed by atoms with E-state index in [9.17, 15) is 13.2 Å². The van der Waals surface area contributed by atoms with Crippen molar-refractivity contribution in [2.24, 2.45) is 7.05 Å². The highest BCUT2D eigenvalue weighted by Gasteiger charge is 2.31. The van der Waals surface area contributed by atoms with Crippen LogP contribution in [0.1, 0.15) is 11.3 Å². The third kappa shape index (κ3) is 4.15. The molecule has 0 aliphatic rings. The molecule has 130 valence electrons. The molecule has 7 heteroatoms. The maximum Gasteiger partial charge on any atom is 0.339 e. The summed E-state index contributed by atoms with van der Waals surface area (Å²) in [7, 11) is 1.63. The quantitative estimate of drug-likeness (QED) is 0.415. The molecule has 0 spiro atoms. The van der Waals surface area contributed by atoms with Crippen LogP contribution in [0.25, 0.3) is 11.3 Å². The molecule has 3 rings (SSSR count). The van der Waals surface area contributed by atoms with Crippen molar-refractivity contribution in [1.29, 1.82) is 0 Å². The topological polar surface area (TPSA) is 29.9 Å². The summed E-state index contributed by atoms with van der Waals surface area (Å²) in [4.78, 5) is 0. The van der Waals surface area contributed by atoms with Gasteiger partial charge in [-0.05, 0) is 29.8 Å². The van der Waals surface area contributed by atoms with Crippen LogP contribution in [0.15, 0.2) is 54.6 Å². The lowest BCUT2D eigenvalue weighted by molar-refractivity contribution is 0.121. The van der Waals surface area contributed by atoms with Crippen LogP contribution in [0.4, 0.5) is 18.9 Å². The van der Waals surface area contributed by atoms with Crippen molar-refractivity contribution >= 4 is 28.3 Å². The molecule has 0 saturated heterocycles. The van der Waals surface area contributed by atoms with E-state index in [1.54, 1.807) is 25.2 Å². The first-order valence-electron chi connectivity index (χ1n) is 7.53. The van der Waals surface area contributed by atoms with Crippen LogP contribution in [-0.4, -0.2) is 9.78 Å². The van der Waals surface area contributed by atoms with Gasteiger partial charge in [-0.25, -0.2) is 4.39 Å². The van der Waals surface area contributed by atoms with Gasteiger partial charge >= 0.3 is 3.93 Å². The molecule has 0 radical (unpaired) electrons. The fourth-order valence-corrected chi connectivity index (χ4v) is 2.74.